The molecule has 0 saturated carbocycles. The first-order valence-corrected chi connectivity index (χ1v) is 7.90. The largest absolute Gasteiger partial charge is 0.463 e. The van der Waals surface area contributed by atoms with Crippen LogP contribution in [0.4, 0.5) is 10.5 Å². The maximum absolute atomic E-state index is 12.1. The molecule has 0 saturated heterocycles. The summed E-state index contributed by atoms with van der Waals surface area (Å²) in [4.78, 5) is 16.4. The molecular weight excluding hydrogens is 322 g/mol. The van der Waals surface area contributed by atoms with Crippen molar-refractivity contribution in [3.05, 3.63) is 41.6 Å². The summed E-state index contributed by atoms with van der Waals surface area (Å²) in [7, 11) is 1.82. The van der Waals surface area contributed by atoms with Gasteiger partial charge in [0.05, 0.1) is 24.1 Å². The molecule has 1 atom stereocenters. The van der Waals surface area contributed by atoms with E-state index in [0.29, 0.717) is 17.2 Å². The number of aliphatic hydroxyl groups is 1. The summed E-state index contributed by atoms with van der Waals surface area (Å²) >= 11 is 0. The number of fused-ring (bicyclic) bond motifs is 1. The van der Waals surface area contributed by atoms with Gasteiger partial charge in [0, 0.05) is 12.4 Å². The Hall–Kier alpha value is -2.87. The van der Waals surface area contributed by atoms with Gasteiger partial charge in [-0.2, -0.15) is 5.10 Å². The van der Waals surface area contributed by atoms with Gasteiger partial charge in [-0.15, -0.1) is 0 Å². The van der Waals surface area contributed by atoms with Crippen molar-refractivity contribution in [1.82, 2.24) is 20.1 Å². The van der Waals surface area contributed by atoms with Gasteiger partial charge in [-0.05, 0) is 39.0 Å². The third kappa shape index (κ3) is 3.48. The fourth-order valence-corrected chi connectivity index (χ4v) is 2.62. The topological polar surface area (TPSA) is 105 Å². The number of aromatic nitrogens is 3. The number of carbonyl (C=O) groups is 1. The lowest BCUT2D eigenvalue weighted by Gasteiger charge is -2.21. The second kappa shape index (κ2) is 6.21. The number of nitrogens with one attached hydrogen (secondary N) is 2. The molecular formula is C17H21N5O3. The molecule has 132 valence electrons. The van der Waals surface area contributed by atoms with Gasteiger partial charge in [-0.3, -0.25) is 4.68 Å². The zero-order valence-electron chi connectivity index (χ0n) is 14.6. The minimum Gasteiger partial charge on any atom is -0.463 e. The van der Waals surface area contributed by atoms with Crippen molar-refractivity contribution < 1.29 is 14.3 Å². The summed E-state index contributed by atoms with van der Waals surface area (Å²) < 4.78 is 7.11. The van der Waals surface area contributed by atoms with Crippen molar-refractivity contribution in [3.8, 4) is 0 Å². The Morgan fingerprint density at radius 3 is 2.84 bits per heavy atom. The van der Waals surface area contributed by atoms with E-state index in [1.165, 1.54) is 0 Å². The average molecular weight is 343 g/mol. The van der Waals surface area contributed by atoms with Crippen molar-refractivity contribution in [3.63, 3.8) is 0 Å². The van der Waals surface area contributed by atoms with Crippen LogP contribution in [-0.2, 0) is 12.6 Å². The van der Waals surface area contributed by atoms with Gasteiger partial charge >= 0.3 is 6.03 Å². The highest BCUT2D eigenvalue weighted by molar-refractivity contribution is 5.92. The number of amides is 2. The van der Waals surface area contributed by atoms with E-state index in [9.17, 15) is 9.90 Å². The predicted octanol–water partition coefficient (Wildman–Crippen LogP) is 2.21. The summed E-state index contributed by atoms with van der Waals surface area (Å²) in [6.45, 7) is 5.27. The molecule has 0 fully saturated rings. The number of rotatable bonds is 4. The van der Waals surface area contributed by atoms with Crippen LogP contribution in [0.2, 0.25) is 0 Å². The SMILES string of the molecule is Cc1ccc([C@@](C)(O)CNC(=O)Nc2cnc3c(c2)c(C)nn3C)o1. The number of carbonyl (C=O) groups excluding carboxylic acids is 1. The van der Waals surface area contributed by atoms with Gasteiger partial charge < -0.3 is 20.2 Å². The van der Waals surface area contributed by atoms with E-state index < -0.39 is 11.6 Å². The molecule has 3 N–H and O–H groups in total. The Morgan fingerprint density at radius 1 is 1.40 bits per heavy atom. The first kappa shape index (κ1) is 17.0. The molecule has 3 aromatic rings. The summed E-state index contributed by atoms with van der Waals surface area (Å²) in [5, 5.41) is 21.0. The Balaban J connectivity index is 1.65. The molecule has 8 nitrogen and oxygen atoms in total. The Bertz CT molecular complexity index is 926. The summed E-state index contributed by atoms with van der Waals surface area (Å²) in [6, 6.07) is 4.84. The summed E-state index contributed by atoms with van der Waals surface area (Å²) in [6.07, 6.45) is 1.57. The molecule has 8 heteroatoms. The number of hydrogen-bond donors (Lipinski definition) is 3. The van der Waals surface area contributed by atoms with Crippen LogP contribution in [0.3, 0.4) is 0 Å². The van der Waals surface area contributed by atoms with E-state index in [2.05, 4.69) is 20.7 Å². The number of hydrogen-bond acceptors (Lipinski definition) is 5. The number of nitrogens with zero attached hydrogens (tertiary/aromatic N) is 3. The van der Waals surface area contributed by atoms with Crippen LogP contribution in [0.25, 0.3) is 11.0 Å². The van der Waals surface area contributed by atoms with Crippen LogP contribution >= 0.6 is 0 Å². The van der Waals surface area contributed by atoms with E-state index in [1.807, 2.05) is 20.0 Å². The monoisotopic (exact) mass is 343 g/mol. The second-order valence-corrected chi connectivity index (χ2v) is 6.30. The lowest BCUT2D eigenvalue weighted by molar-refractivity contribution is 0.0364. The van der Waals surface area contributed by atoms with Crippen LogP contribution in [0.15, 0.2) is 28.8 Å². The Labute approximate surface area is 144 Å². The normalized spacial score (nSPS) is 13.6. The smallest absolute Gasteiger partial charge is 0.319 e. The minimum absolute atomic E-state index is 0.00732. The molecule has 0 bridgehead atoms. The van der Waals surface area contributed by atoms with Gasteiger partial charge in [0.1, 0.15) is 17.1 Å². The fraction of sp³-hybridized carbons (Fsp3) is 0.353. The first-order chi connectivity index (χ1) is 11.8. The highest BCUT2D eigenvalue weighted by Crippen LogP contribution is 2.22. The molecule has 0 radical (unpaired) electrons. The highest BCUT2D eigenvalue weighted by Gasteiger charge is 2.27. The van der Waals surface area contributed by atoms with Crippen LogP contribution in [0, 0.1) is 13.8 Å². The number of furan rings is 1. The van der Waals surface area contributed by atoms with Crippen molar-refractivity contribution in [2.75, 3.05) is 11.9 Å². The Kier molecular flexibility index (Phi) is 4.22. The molecule has 0 spiro atoms. The number of aryl methyl sites for hydroxylation is 3. The maximum atomic E-state index is 12.1. The van der Waals surface area contributed by atoms with Crippen molar-refractivity contribution in [1.29, 1.82) is 0 Å². The summed E-state index contributed by atoms with van der Waals surface area (Å²) in [5.74, 6) is 1.10. The van der Waals surface area contributed by atoms with Crippen LogP contribution in [-0.4, -0.2) is 32.4 Å². The standard InChI is InChI=1S/C17H21N5O3/c1-10-5-6-14(25-10)17(3,24)9-19-16(23)20-12-7-13-11(2)21-22(4)15(13)18-8-12/h5-8,24H,9H2,1-4H3,(H2,19,20,23)/t17-/m0/s1. The van der Waals surface area contributed by atoms with Crippen molar-refractivity contribution in [2.45, 2.75) is 26.4 Å². The first-order valence-electron chi connectivity index (χ1n) is 7.90. The lowest BCUT2D eigenvalue weighted by Crippen LogP contribution is -2.40. The molecule has 0 aromatic carbocycles. The van der Waals surface area contributed by atoms with Gasteiger partial charge in [0.2, 0.25) is 0 Å². The van der Waals surface area contributed by atoms with E-state index in [1.54, 1.807) is 36.9 Å². The summed E-state index contributed by atoms with van der Waals surface area (Å²) in [5.41, 5.74) is 0.840. The minimum atomic E-state index is -1.30. The van der Waals surface area contributed by atoms with E-state index in [-0.39, 0.29) is 6.54 Å². The molecule has 0 unspecified atom stereocenters. The number of anilines is 1. The molecule has 3 heterocycles. The molecule has 3 aromatic heterocycles. The lowest BCUT2D eigenvalue weighted by atomic mass is 10.0. The molecule has 0 aliphatic rings. The van der Waals surface area contributed by atoms with Gasteiger partial charge in [-0.1, -0.05) is 0 Å². The van der Waals surface area contributed by atoms with Crippen LogP contribution in [0.1, 0.15) is 24.1 Å². The third-order valence-corrected chi connectivity index (χ3v) is 3.99. The maximum Gasteiger partial charge on any atom is 0.319 e. The fourth-order valence-electron chi connectivity index (χ4n) is 2.62. The van der Waals surface area contributed by atoms with E-state index in [0.717, 1.165) is 16.7 Å². The third-order valence-electron chi connectivity index (χ3n) is 3.99. The molecule has 2 amide bonds. The average Bonchev–Trinajstić information content (AvgIpc) is 3.10. The van der Waals surface area contributed by atoms with Crippen LogP contribution in [0.5, 0.6) is 0 Å². The molecule has 0 aliphatic heterocycles. The van der Waals surface area contributed by atoms with Crippen LogP contribution < -0.4 is 10.6 Å². The predicted molar refractivity (Wildman–Crippen MR) is 93.3 cm³/mol. The van der Waals surface area contributed by atoms with Gasteiger partial charge in [0.15, 0.2) is 5.65 Å². The van der Waals surface area contributed by atoms with E-state index >= 15 is 0 Å². The highest BCUT2D eigenvalue weighted by atomic mass is 16.4. The zero-order chi connectivity index (χ0) is 18.2. The van der Waals surface area contributed by atoms with Gasteiger partial charge in [0.25, 0.3) is 0 Å². The van der Waals surface area contributed by atoms with Gasteiger partial charge in [-0.25, -0.2) is 9.78 Å². The Morgan fingerprint density at radius 2 is 2.16 bits per heavy atom. The number of urea groups is 1. The second-order valence-electron chi connectivity index (χ2n) is 6.30. The zero-order valence-corrected chi connectivity index (χ0v) is 14.6. The van der Waals surface area contributed by atoms with E-state index in [4.69, 9.17) is 4.42 Å². The molecule has 3 rings (SSSR count). The number of pyridine rings is 1. The molecule has 0 aliphatic carbocycles. The van der Waals surface area contributed by atoms with Crippen molar-refractivity contribution >= 4 is 22.8 Å². The quantitative estimate of drug-likeness (QED) is 0.673. The van der Waals surface area contributed by atoms with Crippen molar-refractivity contribution in [2.24, 2.45) is 7.05 Å². The molecule has 25 heavy (non-hydrogen) atoms.